The van der Waals surface area contributed by atoms with E-state index >= 15 is 0 Å². The first-order chi connectivity index (χ1) is 4.74. The van der Waals surface area contributed by atoms with E-state index in [0.29, 0.717) is 5.56 Å². The van der Waals surface area contributed by atoms with Crippen molar-refractivity contribution in [3.05, 3.63) is 29.3 Å². The summed E-state index contributed by atoms with van der Waals surface area (Å²) in [7, 11) is 0. The number of rotatable bonds is 1. The molecule has 10 heavy (non-hydrogen) atoms. The largest absolute Gasteiger partial charge is 0.508 e. The number of aryl methyl sites for hydroxylation is 1. The van der Waals surface area contributed by atoms with Crippen LogP contribution in [-0.2, 0) is 6.67 Å². The van der Waals surface area contributed by atoms with Crippen molar-refractivity contribution in [3.8, 4) is 5.75 Å². The van der Waals surface area contributed by atoms with Gasteiger partial charge >= 0.3 is 0 Å². The van der Waals surface area contributed by atoms with Crippen molar-refractivity contribution in [3.63, 3.8) is 0 Å². The van der Waals surface area contributed by atoms with Crippen molar-refractivity contribution in [1.29, 1.82) is 0 Å². The Labute approximate surface area is 59.1 Å². The second-order valence-corrected chi connectivity index (χ2v) is 2.24. The van der Waals surface area contributed by atoms with Gasteiger partial charge in [-0.2, -0.15) is 0 Å². The van der Waals surface area contributed by atoms with E-state index in [0.717, 1.165) is 5.56 Å². The molecule has 0 aliphatic heterocycles. The van der Waals surface area contributed by atoms with Gasteiger partial charge in [-0.1, -0.05) is 6.07 Å². The molecule has 0 unspecified atom stereocenters. The highest BCUT2D eigenvalue weighted by molar-refractivity contribution is 5.33. The molecule has 1 nitrogen and oxygen atoms in total. The van der Waals surface area contributed by atoms with Crippen molar-refractivity contribution in [1.82, 2.24) is 0 Å². The molecule has 1 rings (SSSR count). The monoisotopic (exact) mass is 140 g/mol. The highest BCUT2D eigenvalue weighted by atomic mass is 19.1. The molecular formula is C8H9FO. The second kappa shape index (κ2) is 2.69. The summed E-state index contributed by atoms with van der Waals surface area (Å²) in [4.78, 5) is 0. The average molecular weight is 140 g/mol. The zero-order valence-electron chi connectivity index (χ0n) is 5.76. The van der Waals surface area contributed by atoms with E-state index in [-0.39, 0.29) is 5.75 Å². The third-order valence-electron chi connectivity index (χ3n) is 1.47. The lowest BCUT2D eigenvalue weighted by Crippen LogP contribution is -1.82. The van der Waals surface area contributed by atoms with Crippen LogP contribution >= 0.6 is 0 Å². The van der Waals surface area contributed by atoms with E-state index in [1.807, 2.05) is 0 Å². The normalized spacial score (nSPS) is 9.80. The molecule has 0 saturated heterocycles. The second-order valence-electron chi connectivity index (χ2n) is 2.24. The fraction of sp³-hybridized carbons (Fsp3) is 0.250. The zero-order valence-corrected chi connectivity index (χ0v) is 5.76. The van der Waals surface area contributed by atoms with Gasteiger partial charge in [0.2, 0.25) is 0 Å². The van der Waals surface area contributed by atoms with Gasteiger partial charge in [0.1, 0.15) is 12.4 Å². The van der Waals surface area contributed by atoms with Crippen LogP contribution in [0.25, 0.3) is 0 Å². The summed E-state index contributed by atoms with van der Waals surface area (Å²) in [5, 5.41) is 8.91. The predicted molar refractivity (Wildman–Crippen MR) is 37.7 cm³/mol. The van der Waals surface area contributed by atoms with E-state index in [1.54, 1.807) is 19.1 Å². The first-order valence-corrected chi connectivity index (χ1v) is 3.08. The van der Waals surface area contributed by atoms with Crippen LogP contribution < -0.4 is 0 Å². The van der Waals surface area contributed by atoms with Crippen LogP contribution in [0.5, 0.6) is 5.75 Å². The summed E-state index contributed by atoms with van der Waals surface area (Å²) >= 11 is 0. The summed E-state index contributed by atoms with van der Waals surface area (Å²) in [6.07, 6.45) is 0. The Morgan fingerprint density at radius 2 is 2.20 bits per heavy atom. The molecule has 0 heterocycles. The summed E-state index contributed by atoms with van der Waals surface area (Å²) in [5.41, 5.74) is 1.43. The highest BCUT2D eigenvalue weighted by Gasteiger charge is 1.96. The summed E-state index contributed by atoms with van der Waals surface area (Å²) < 4.78 is 12.0. The van der Waals surface area contributed by atoms with Gasteiger partial charge in [0, 0.05) is 0 Å². The lowest BCUT2D eigenvalue weighted by Gasteiger charge is -1.99. The van der Waals surface area contributed by atoms with Crippen molar-refractivity contribution in [2.45, 2.75) is 13.6 Å². The molecule has 54 valence electrons. The van der Waals surface area contributed by atoms with Crippen molar-refractivity contribution in [2.75, 3.05) is 0 Å². The number of aromatic hydroxyl groups is 1. The van der Waals surface area contributed by atoms with Gasteiger partial charge in [-0.25, -0.2) is 4.39 Å². The van der Waals surface area contributed by atoms with Gasteiger partial charge in [0.05, 0.1) is 0 Å². The number of alkyl halides is 1. The van der Waals surface area contributed by atoms with Crippen LogP contribution in [-0.4, -0.2) is 5.11 Å². The molecule has 0 fully saturated rings. The SMILES string of the molecule is Cc1cc(O)ccc1CF. The van der Waals surface area contributed by atoms with Crippen LogP contribution in [0.15, 0.2) is 18.2 Å². The fourth-order valence-corrected chi connectivity index (χ4v) is 0.830. The maximum Gasteiger partial charge on any atom is 0.115 e. The van der Waals surface area contributed by atoms with Gasteiger partial charge in [-0.3, -0.25) is 0 Å². The number of phenolic OH excluding ortho intramolecular Hbond substituents is 1. The number of halogens is 1. The summed E-state index contributed by atoms with van der Waals surface area (Å²) in [6, 6.07) is 4.63. The van der Waals surface area contributed by atoms with E-state index in [1.165, 1.54) is 6.07 Å². The predicted octanol–water partition coefficient (Wildman–Crippen LogP) is 2.17. The Morgan fingerprint density at radius 1 is 1.50 bits per heavy atom. The molecule has 0 saturated carbocycles. The molecule has 2 heteroatoms. The number of benzene rings is 1. The van der Waals surface area contributed by atoms with Gasteiger partial charge in [0.15, 0.2) is 0 Å². The maximum absolute atomic E-state index is 12.0. The van der Waals surface area contributed by atoms with Crippen LogP contribution in [0, 0.1) is 6.92 Å². The van der Waals surface area contributed by atoms with Crippen LogP contribution in [0.2, 0.25) is 0 Å². The minimum atomic E-state index is -0.466. The van der Waals surface area contributed by atoms with E-state index < -0.39 is 6.67 Å². The van der Waals surface area contributed by atoms with Crippen molar-refractivity contribution in [2.24, 2.45) is 0 Å². The molecule has 0 aliphatic carbocycles. The Hall–Kier alpha value is -1.05. The first kappa shape index (κ1) is 7.06. The standard InChI is InChI=1S/C8H9FO/c1-6-4-8(10)3-2-7(6)5-9/h2-4,10H,5H2,1H3. The number of phenols is 1. The number of hydrogen-bond donors (Lipinski definition) is 1. The lowest BCUT2D eigenvalue weighted by atomic mass is 10.1. The Morgan fingerprint density at radius 3 is 2.70 bits per heavy atom. The van der Waals surface area contributed by atoms with Crippen LogP contribution in [0.4, 0.5) is 4.39 Å². The number of hydrogen-bond acceptors (Lipinski definition) is 1. The molecule has 1 N–H and O–H groups in total. The zero-order chi connectivity index (χ0) is 7.56. The topological polar surface area (TPSA) is 20.2 Å². The molecule has 0 amide bonds. The minimum absolute atomic E-state index is 0.190. The molecule has 1 aromatic carbocycles. The fourth-order valence-electron chi connectivity index (χ4n) is 0.830. The van der Waals surface area contributed by atoms with Gasteiger partial charge in [-0.05, 0) is 30.2 Å². The molecular weight excluding hydrogens is 131 g/mol. The van der Waals surface area contributed by atoms with E-state index in [4.69, 9.17) is 5.11 Å². The smallest absolute Gasteiger partial charge is 0.115 e. The van der Waals surface area contributed by atoms with Crippen molar-refractivity contribution >= 4 is 0 Å². The molecule has 1 aromatic rings. The molecule has 0 aromatic heterocycles. The molecule has 0 atom stereocenters. The van der Waals surface area contributed by atoms with Gasteiger partial charge < -0.3 is 5.11 Å². The molecule has 0 aliphatic rings. The third-order valence-corrected chi connectivity index (χ3v) is 1.47. The quantitative estimate of drug-likeness (QED) is 0.633. The Balaban J connectivity index is 3.07. The van der Waals surface area contributed by atoms with E-state index in [2.05, 4.69) is 0 Å². The van der Waals surface area contributed by atoms with Gasteiger partial charge in [-0.15, -0.1) is 0 Å². The Kier molecular flexibility index (Phi) is 1.90. The van der Waals surface area contributed by atoms with Crippen molar-refractivity contribution < 1.29 is 9.50 Å². The van der Waals surface area contributed by atoms with Crippen LogP contribution in [0.1, 0.15) is 11.1 Å². The molecule has 0 spiro atoms. The third kappa shape index (κ3) is 1.26. The summed E-state index contributed by atoms with van der Waals surface area (Å²) in [5.74, 6) is 0.190. The average Bonchev–Trinajstić information content (AvgIpc) is 1.88. The lowest BCUT2D eigenvalue weighted by molar-refractivity contribution is 0.468. The Bertz CT molecular complexity index is 233. The summed E-state index contributed by atoms with van der Waals surface area (Å²) in [6.45, 7) is 1.31. The first-order valence-electron chi connectivity index (χ1n) is 3.08. The van der Waals surface area contributed by atoms with Gasteiger partial charge in [0.25, 0.3) is 0 Å². The van der Waals surface area contributed by atoms with E-state index in [9.17, 15) is 4.39 Å². The highest BCUT2D eigenvalue weighted by Crippen LogP contribution is 2.15. The minimum Gasteiger partial charge on any atom is -0.508 e. The molecule has 0 radical (unpaired) electrons. The van der Waals surface area contributed by atoms with Crippen LogP contribution in [0.3, 0.4) is 0 Å². The maximum atomic E-state index is 12.0. The molecule has 0 bridgehead atoms.